The molecule has 3 aromatic carbocycles. The topological polar surface area (TPSA) is 102 Å². The Hall–Kier alpha value is -3.41. The van der Waals surface area contributed by atoms with E-state index in [9.17, 15) is 18.0 Å². The van der Waals surface area contributed by atoms with Crippen molar-refractivity contribution in [2.24, 2.45) is 0 Å². The van der Waals surface area contributed by atoms with Crippen LogP contribution in [0.4, 0.5) is 5.69 Å². The number of amides is 2. The number of sulfonamides is 1. The Kier molecular flexibility index (Phi) is 8.39. The molecular formula is C27H27BrN2O7S. The van der Waals surface area contributed by atoms with Crippen molar-refractivity contribution >= 4 is 43.5 Å². The van der Waals surface area contributed by atoms with Crippen molar-refractivity contribution in [3.8, 4) is 17.2 Å². The maximum absolute atomic E-state index is 13.9. The number of hydrogen-bond acceptors (Lipinski definition) is 7. The van der Waals surface area contributed by atoms with Crippen LogP contribution in [0, 0.1) is 0 Å². The summed E-state index contributed by atoms with van der Waals surface area (Å²) in [5.41, 5.74) is 1.16. The number of carbonyl (C=O) groups excluding carboxylic acids is 2. The number of anilines is 1. The number of ether oxygens (including phenoxy) is 3. The van der Waals surface area contributed by atoms with Crippen molar-refractivity contribution in [1.82, 2.24) is 4.31 Å². The van der Waals surface area contributed by atoms with E-state index in [1.165, 1.54) is 45.6 Å². The van der Waals surface area contributed by atoms with Gasteiger partial charge in [-0.1, -0.05) is 22.0 Å². The summed E-state index contributed by atoms with van der Waals surface area (Å²) in [4.78, 5) is 27.6. The fraction of sp³-hybridized carbons (Fsp3) is 0.259. The summed E-state index contributed by atoms with van der Waals surface area (Å²) in [5, 5.41) is 0. The second kappa shape index (κ2) is 11.5. The summed E-state index contributed by atoms with van der Waals surface area (Å²) in [6.45, 7) is -0.0400. The van der Waals surface area contributed by atoms with Crippen LogP contribution in [0.5, 0.6) is 17.2 Å². The van der Waals surface area contributed by atoms with E-state index in [-0.39, 0.29) is 24.3 Å². The SMILES string of the molecule is COc1ccc(S(=O)(=O)N(CCc2ccc(OC)c(OC)c2)C2CC(=O)N(c3ccc(Br)cc3)C2=O)cc1. The largest absolute Gasteiger partial charge is 0.497 e. The highest BCUT2D eigenvalue weighted by molar-refractivity contribution is 9.10. The molecule has 200 valence electrons. The number of methoxy groups -OCH3 is 3. The van der Waals surface area contributed by atoms with Crippen LogP contribution >= 0.6 is 15.9 Å². The predicted octanol–water partition coefficient (Wildman–Crippen LogP) is 4.04. The van der Waals surface area contributed by atoms with Crippen LogP contribution in [-0.4, -0.2) is 58.5 Å². The van der Waals surface area contributed by atoms with E-state index in [1.807, 2.05) is 0 Å². The van der Waals surface area contributed by atoms with Crippen LogP contribution in [0.3, 0.4) is 0 Å². The van der Waals surface area contributed by atoms with E-state index in [2.05, 4.69) is 15.9 Å². The number of benzene rings is 3. The number of halogens is 1. The maximum Gasteiger partial charge on any atom is 0.252 e. The molecule has 4 rings (SSSR count). The first-order valence-corrected chi connectivity index (χ1v) is 13.9. The average molecular weight is 603 g/mol. The molecule has 1 saturated heterocycles. The molecule has 0 spiro atoms. The summed E-state index contributed by atoms with van der Waals surface area (Å²) in [7, 11) is 0.366. The third kappa shape index (κ3) is 5.54. The average Bonchev–Trinajstić information content (AvgIpc) is 3.22. The Morgan fingerprint density at radius 1 is 0.895 bits per heavy atom. The Balaban J connectivity index is 1.69. The van der Waals surface area contributed by atoms with Gasteiger partial charge in [0.2, 0.25) is 15.9 Å². The summed E-state index contributed by atoms with van der Waals surface area (Å²) in [5.74, 6) is 0.475. The third-order valence-corrected chi connectivity index (χ3v) is 8.74. The van der Waals surface area contributed by atoms with Gasteiger partial charge in [0.15, 0.2) is 11.5 Å². The number of nitrogens with zero attached hydrogens (tertiary/aromatic N) is 2. The first kappa shape index (κ1) is 27.6. The van der Waals surface area contributed by atoms with E-state index >= 15 is 0 Å². The lowest BCUT2D eigenvalue weighted by molar-refractivity contribution is -0.122. The molecule has 0 N–H and O–H groups in total. The Bertz CT molecular complexity index is 1430. The number of hydrogen-bond donors (Lipinski definition) is 0. The van der Waals surface area contributed by atoms with Crippen molar-refractivity contribution < 1.29 is 32.2 Å². The van der Waals surface area contributed by atoms with Gasteiger partial charge in [0.1, 0.15) is 11.8 Å². The van der Waals surface area contributed by atoms with Crippen LogP contribution in [0.25, 0.3) is 0 Å². The van der Waals surface area contributed by atoms with E-state index in [0.29, 0.717) is 22.9 Å². The van der Waals surface area contributed by atoms with Gasteiger partial charge < -0.3 is 14.2 Å². The summed E-state index contributed by atoms with van der Waals surface area (Å²) < 4.78 is 45.4. The molecule has 11 heteroatoms. The van der Waals surface area contributed by atoms with Gasteiger partial charge in [0.25, 0.3) is 5.91 Å². The second-order valence-electron chi connectivity index (χ2n) is 8.49. The molecule has 1 atom stereocenters. The van der Waals surface area contributed by atoms with E-state index in [1.54, 1.807) is 42.5 Å². The standard InChI is InChI=1S/C27H27BrN2O7S/c1-35-21-9-11-22(12-10-21)38(33,34)29(15-14-18-4-13-24(36-2)25(16-18)37-3)23-17-26(31)30(27(23)32)20-7-5-19(28)6-8-20/h4-13,16,23H,14-15,17H2,1-3H3. The molecular weight excluding hydrogens is 576 g/mol. The first-order chi connectivity index (χ1) is 18.2. The molecule has 1 aliphatic heterocycles. The van der Waals surface area contributed by atoms with Crippen LogP contribution in [0.15, 0.2) is 76.1 Å². The van der Waals surface area contributed by atoms with Gasteiger partial charge in [-0.25, -0.2) is 13.3 Å². The fourth-order valence-electron chi connectivity index (χ4n) is 4.30. The van der Waals surface area contributed by atoms with Gasteiger partial charge in [-0.05, 0) is 72.6 Å². The molecule has 0 aliphatic carbocycles. The number of carbonyl (C=O) groups is 2. The molecule has 1 unspecified atom stereocenters. The highest BCUT2D eigenvalue weighted by atomic mass is 79.9. The van der Waals surface area contributed by atoms with Crippen molar-refractivity contribution in [1.29, 1.82) is 0 Å². The Labute approximate surface area is 230 Å². The van der Waals surface area contributed by atoms with Crippen LogP contribution in [0.1, 0.15) is 12.0 Å². The number of imide groups is 1. The van der Waals surface area contributed by atoms with Gasteiger partial charge in [0, 0.05) is 11.0 Å². The lowest BCUT2D eigenvalue weighted by atomic mass is 10.1. The minimum absolute atomic E-state index is 0.00653. The molecule has 0 aromatic heterocycles. The van der Waals surface area contributed by atoms with Crippen molar-refractivity contribution in [2.45, 2.75) is 23.8 Å². The smallest absolute Gasteiger partial charge is 0.252 e. The molecule has 0 saturated carbocycles. The van der Waals surface area contributed by atoms with E-state index < -0.39 is 27.9 Å². The lowest BCUT2D eigenvalue weighted by Crippen LogP contribution is -2.46. The molecule has 9 nitrogen and oxygen atoms in total. The molecule has 1 aliphatic rings. The molecule has 3 aromatic rings. The van der Waals surface area contributed by atoms with Gasteiger partial charge in [0.05, 0.1) is 38.3 Å². The van der Waals surface area contributed by atoms with Gasteiger partial charge in [-0.3, -0.25) is 9.59 Å². The highest BCUT2D eigenvalue weighted by Crippen LogP contribution is 2.32. The highest BCUT2D eigenvalue weighted by Gasteiger charge is 2.46. The lowest BCUT2D eigenvalue weighted by Gasteiger charge is -2.27. The van der Waals surface area contributed by atoms with E-state index in [0.717, 1.165) is 19.2 Å². The molecule has 38 heavy (non-hydrogen) atoms. The molecule has 2 amide bonds. The zero-order valence-corrected chi connectivity index (χ0v) is 23.5. The fourth-order valence-corrected chi connectivity index (χ4v) is 6.15. The predicted molar refractivity (Wildman–Crippen MR) is 145 cm³/mol. The van der Waals surface area contributed by atoms with Crippen molar-refractivity contribution in [3.05, 3.63) is 76.8 Å². The van der Waals surface area contributed by atoms with Crippen LogP contribution in [-0.2, 0) is 26.0 Å². The minimum Gasteiger partial charge on any atom is -0.497 e. The quantitative estimate of drug-likeness (QED) is 0.323. The normalized spacial score (nSPS) is 15.7. The molecule has 1 heterocycles. The monoisotopic (exact) mass is 602 g/mol. The van der Waals surface area contributed by atoms with Crippen LogP contribution in [0.2, 0.25) is 0 Å². The molecule has 0 radical (unpaired) electrons. The van der Waals surface area contributed by atoms with Crippen LogP contribution < -0.4 is 19.1 Å². The van der Waals surface area contributed by atoms with Gasteiger partial charge >= 0.3 is 0 Å². The van der Waals surface area contributed by atoms with Crippen molar-refractivity contribution in [3.63, 3.8) is 0 Å². The maximum atomic E-state index is 13.9. The molecule has 0 bridgehead atoms. The second-order valence-corrected chi connectivity index (χ2v) is 11.3. The summed E-state index contributed by atoms with van der Waals surface area (Å²) in [6.07, 6.45) is 0.00219. The summed E-state index contributed by atoms with van der Waals surface area (Å²) in [6, 6.07) is 16.7. The third-order valence-electron chi connectivity index (χ3n) is 6.29. The first-order valence-electron chi connectivity index (χ1n) is 11.7. The van der Waals surface area contributed by atoms with Crippen molar-refractivity contribution in [2.75, 3.05) is 32.8 Å². The van der Waals surface area contributed by atoms with Gasteiger partial charge in [-0.15, -0.1) is 0 Å². The minimum atomic E-state index is -4.16. The molecule has 1 fully saturated rings. The number of rotatable bonds is 10. The zero-order valence-electron chi connectivity index (χ0n) is 21.1. The Morgan fingerprint density at radius 2 is 1.55 bits per heavy atom. The Morgan fingerprint density at radius 3 is 2.16 bits per heavy atom. The zero-order chi connectivity index (χ0) is 27.4. The van der Waals surface area contributed by atoms with E-state index in [4.69, 9.17) is 14.2 Å². The summed E-state index contributed by atoms with van der Waals surface area (Å²) >= 11 is 3.34. The van der Waals surface area contributed by atoms with Gasteiger partial charge in [-0.2, -0.15) is 4.31 Å².